The standard InChI is InChI=1S/C12H15N3O4S/c1-7-10(4-5-19-7)20-11-3-2-8(15(17)18)6-9(11)12(13)14-16/h2-3,6-7,10,16H,4-5H2,1H3,(H2,13,14). The summed E-state index contributed by atoms with van der Waals surface area (Å²) in [7, 11) is 0. The lowest BCUT2D eigenvalue weighted by Crippen LogP contribution is -2.17. The number of nitrogens with two attached hydrogens (primary N) is 1. The van der Waals surface area contributed by atoms with Crippen molar-refractivity contribution < 1.29 is 14.9 Å². The molecule has 2 atom stereocenters. The number of benzene rings is 1. The molecule has 0 aliphatic carbocycles. The zero-order valence-corrected chi connectivity index (χ0v) is 11.7. The predicted molar refractivity (Wildman–Crippen MR) is 75.3 cm³/mol. The number of nitrogens with zero attached hydrogens (tertiary/aromatic N) is 2. The Kier molecular flexibility index (Phi) is 4.46. The summed E-state index contributed by atoms with van der Waals surface area (Å²) in [5.74, 6) is -0.136. The maximum atomic E-state index is 10.8. The Morgan fingerprint density at radius 1 is 1.65 bits per heavy atom. The van der Waals surface area contributed by atoms with Gasteiger partial charge in [0.15, 0.2) is 5.84 Å². The van der Waals surface area contributed by atoms with Crippen molar-refractivity contribution in [2.75, 3.05) is 6.61 Å². The summed E-state index contributed by atoms with van der Waals surface area (Å²) in [5.41, 5.74) is 5.88. The van der Waals surface area contributed by atoms with Gasteiger partial charge < -0.3 is 15.7 Å². The second-order valence-corrected chi connectivity index (χ2v) is 5.72. The van der Waals surface area contributed by atoms with Gasteiger partial charge >= 0.3 is 0 Å². The summed E-state index contributed by atoms with van der Waals surface area (Å²) >= 11 is 1.53. The Balaban J connectivity index is 2.33. The van der Waals surface area contributed by atoms with Crippen LogP contribution in [-0.2, 0) is 4.74 Å². The number of rotatable bonds is 4. The molecule has 7 nitrogen and oxygen atoms in total. The van der Waals surface area contributed by atoms with E-state index in [1.54, 1.807) is 6.07 Å². The maximum Gasteiger partial charge on any atom is 0.270 e. The van der Waals surface area contributed by atoms with Gasteiger partial charge in [-0.25, -0.2) is 0 Å². The molecule has 108 valence electrons. The summed E-state index contributed by atoms with van der Waals surface area (Å²) in [6.07, 6.45) is 1.01. The number of non-ortho nitro benzene ring substituents is 1. The van der Waals surface area contributed by atoms with Crippen molar-refractivity contribution in [2.45, 2.75) is 29.6 Å². The zero-order valence-electron chi connectivity index (χ0n) is 10.9. The van der Waals surface area contributed by atoms with Crippen LogP contribution in [0.3, 0.4) is 0 Å². The molecule has 0 saturated carbocycles. The number of thioether (sulfide) groups is 1. The van der Waals surface area contributed by atoms with E-state index < -0.39 is 4.92 Å². The molecule has 0 amide bonds. The number of hydrogen-bond donors (Lipinski definition) is 2. The summed E-state index contributed by atoms with van der Waals surface area (Å²) in [6.45, 7) is 2.68. The van der Waals surface area contributed by atoms with Crippen molar-refractivity contribution in [1.82, 2.24) is 0 Å². The van der Waals surface area contributed by atoms with Crippen molar-refractivity contribution in [3.05, 3.63) is 33.9 Å². The first-order valence-electron chi connectivity index (χ1n) is 6.07. The number of hydrogen-bond acceptors (Lipinski definition) is 6. The van der Waals surface area contributed by atoms with Crippen LogP contribution in [0.5, 0.6) is 0 Å². The molecular formula is C12H15N3O4S. The zero-order chi connectivity index (χ0) is 14.7. The second kappa shape index (κ2) is 6.10. The van der Waals surface area contributed by atoms with Crippen molar-refractivity contribution >= 4 is 23.3 Å². The molecule has 1 aliphatic heterocycles. The lowest BCUT2D eigenvalue weighted by Gasteiger charge is -2.15. The van der Waals surface area contributed by atoms with Crippen molar-refractivity contribution in [2.24, 2.45) is 10.9 Å². The van der Waals surface area contributed by atoms with Gasteiger partial charge in [0.25, 0.3) is 5.69 Å². The van der Waals surface area contributed by atoms with Crippen molar-refractivity contribution in [3.63, 3.8) is 0 Å². The number of amidine groups is 1. The van der Waals surface area contributed by atoms with Crippen molar-refractivity contribution in [1.29, 1.82) is 0 Å². The summed E-state index contributed by atoms with van der Waals surface area (Å²) < 4.78 is 5.49. The van der Waals surface area contributed by atoms with Crippen LogP contribution in [0.1, 0.15) is 18.9 Å². The highest BCUT2D eigenvalue weighted by Crippen LogP contribution is 2.35. The predicted octanol–water partition coefficient (Wildman–Crippen LogP) is 1.96. The number of nitro groups is 1. The Bertz CT molecular complexity index is 550. The van der Waals surface area contributed by atoms with Gasteiger partial charge in [-0.15, -0.1) is 11.8 Å². The lowest BCUT2D eigenvalue weighted by molar-refractivity contribution is -0.384. The first kappa shape index (κ1) is 14.6. The molecule has 0 bridgehead atoms. The smallest absolute Gasteiger partial charge is 0.270 e. The molecule has 8 heteroatoms. The second-order valence-electron chi connectivity index (χ2n) is 4.44. The average molecular weight is 297 g/mol. The van der Waals surface area contributed by atoms with Crippen LogP contribution in [0.25, 0.3) is 0 Å². The Hall–Kier alpha value is -1.80. The van der Waals surface area contributed by atoms with E-state index >= 15 is 0 Å². The van der Waals surface area contributed by atoms with E-state index in [2.05, 4.69) is 5.16 Å². The molecule has 1 aliphatic rings. The van der Waals surface area contributed by atoms with Gasteiger partial charge in [0.05, 0.1) is 11.0 Å². The van der Waals surface area contributed by atoms with Crippen LogP contribution < -0.4 is 5.73 Å². The van der Waals surface area contributed by atoms with Crippen LogP contribution in [-0.4, -0.2) is 33.9 Å². The monoisotopic (exact) mass is 297 g/mol. The highest BCUT2D eigenvalue weighted by atomic mass is 32.2. The minimum Gasteiger partial charge on any atom is -0.409 e. The van der Waals surface area contributed by atoms with E-state index in [1.165, 1.54) is 23.9 Å². The van der Waals surface area contributed by atoms with Gasteiger partial charge in [0.2, 0.25) is 0 Å². The van der Waals surface area contributed by atoms with E-state index in [0.717, 1.165) is 11.3 Å². The first-order valence-corrected chi connectivity index (χ1v) is 6.95. The summed E-state index contributed by atoms with van der Waals surface area (Å²) in [4.78, 5) is 11.0. The van der Waals surface area contributed by atoms with Crippen molar-refractivity contribution in [3.8, 4) is 0 Å². The quantitative estimate of drug-likeness (QED) is 0.289. The largest absolute Gasteiger partial charge is 0.409 e. The van der Waals surface area contributed by atoms with E-state index in [4.69, 9.17) is 15.7 Å². The summed E-state index contributed by atoms with van der Waals surface area (Å²) in [6, 6.07) is 4.36. The van der Waals surface area contributed by atoms with Crippen LogP contribution in [0, 0.1) is 10.1 Å². The van der Waals surface area contributed by atoms with Gasteiger partial charge in [0, 0.05) is 34.4 Å². The molecule has 0 aromatic heterocycles. The molecule has 2 rings (SSSR count). The normalized spacial score (nSPS) is 22.9. The average Bonchev–Trinajstić information content (AvgIpc) is 2.83. The number of ether oxygens (including phenoxy) is 1. The van der Waals surface area contributed by atoms with E-state index in [-0.39, 0.29) is 22.9 Å². The van der Waals surface area contributed by atoms with Gasteiger partial charge in [-0.1, -0.05) is 5.16 Å². The molecule has 1 heterocycles. The third-order valence-corrected chi connectivity index (χ3v) is 4.67. The number of oxime groups is 1. The van der Waals surface area contributed by atoms with Crippen LogP contribution in [0.15, 0.2) is 28.3 Å². The van der Waals surface area contributed by atoms with Crippen LogP contribution in [0.4, 0.5) is 5.69 Å². The van der Waals surface area contributed by atoms with E-state index in [9.17, 15) is 10.1 Å². The van der Waals surface area contributed by atoms with Gasteiger partial charge in [-0.3, -0.25) is 10.1 Å². The fourth-order valence-corrected chi connectivity index (χ4v) is 3.27. The molecule has 1 aromatic carbocycles. The third kappa shape index (κ3) is 3.02. The molecular weight excluding hydrogens is 282 g/mol. The van der Waals surface area contributed by atoms with Crippen LogP contribution >= 0.6 is 11.8 Å². The SMILES string of the molecule is CC1OCCC1Sc1ccc([N+](=O)[O-])cc1/C(N)=N/O. The molecule has 1 saturated heterocycles. The van der Waals surface area contributed by atoms with Gasteiger partial charge in [-0.05, 0) is 19.4 Å². The van der Waals surface area contributed by atoms with Crippen LogP contribution in [0.2, 0.25) is 0 Å². The fourth-order valence-electron chi connectivity index (χ4n) is 2.02. The Labute approximate surface area is 119 Å². The fraction of sp³-hybridized carbons (Fsp3) is 0.417. The Morgan fingerprint density at radius 2 is 2.40 bits per heavy atom. The minimum atomic E-state index is -0.510. The molecule has 2 unspecified atom stereocenters. The maximum absolute atomic E-state index is 10.8. The number of nitro benzene ring substituents is 1. The molecule has 0 radical (unpaired) electrons. The minimum absolute atomic E-state index is 0.0910. The summed E-state index contributed by atoms with van der Waals surface area (Å²) in [5, 5.41) is 22.8. The molecule has 3 N–H and O–H groups in total. The highest BCUT2D eigenvalue weighted by molar-refractivity contribution is 8.00. The Morgan fingerprint density at radius 3 is 2.95 bits per heavy atom. The molecule has 0 spiro atoms. The van der Waals surface area contributed by atoms with E-state index in [0.29, 0.717) is 12.2 Å². The third-order valence-electron chi connectivity index (χ3n) is 3.14. The molecule has 1 aromatic rings. The molecule has 1 fully saturated rings. The first-order chi connectivity index (χ1) is 9.52. The van der Waals surface area contributed by atoms with E-state index in [1.807, 2.05) is 6.92 Å². The lowest BCUT2D eigenvalue weighted by atomic mass is 10.2. The van der Waals surface area contributed by atoms with Gasteiger partial charge in [-0.2, -0.15) is 0 Å². The van der Waals surface area contributed by atoms with Gasteiger partial charge in [0.1, 0.15) is 0 Å². The molecule has 20 heavy (non-hydrogen) atoms. The topological polar surface area (TPSA) is 111 Å². The highest BCUT2D eigenvalue weighted by Gasteiger charge is 2.27.